The van der Waals surface area contributed by atoms with Crippen LogP contribution in [0.1, 0.15) is 78.7 Å². The van der Waals surface area contributed by atoms with E-state index in [9.17, 15) is 19.5 Å². The molecule has 0 aliphatic heterocycles. The zero-order valence-electron chi connectivity index (χ0n) is 26.1. The fraction of sp³-hybridized carbons (Fsp3) is 0.600. The van der Waals surface area contributed by atoms with Crippen LogP contribution in [0.2, 0.25) is 0 Å². The number of nitrogens with zero attached hydrogens (tertiary/aromatic N) is 1. The van der Waals surface area contributed by atoms with Crippen molar-refractivity contribution >= 4 is 29.1 Å². The summed E-state index contributed by atoms with van der Waals surface area (Å²) in [5, 5.41) is 11.9. The number of esters is 2. The third-order valence-corrected chi connectivity index (χ3v) is 11.2. The second kappa shape index (κ2) is 11.1. The molecule has 4 aliphatic carbocycles. The first kappa shape index (κ1) is 31.3. The number of halogens is 1. The molecule has 1 aromatic rings. The van der Waals surface area contributed by atoms with E-state index in [1.54, 1.807) is 13.8 Å². The number of hydrogen-bond acceptors (Lipinski definition) is 7. The van der Waals surface area contributed by atoms with E-state index in [4.69, 9.17) is 14.5 Å². The topological polar surface area (TPSA) is 102 Å². The van der Waals surface area contributed by atoms with Crippen LogP contribution < -0.4 is 0 Å². The van der Waals surface area contributed by atoms with Gasteiger partial charge in [-0.3, -0.25) is 14.4 Å². The predicted octanol–water partition coefficient (Wildman–Crippen LogP) is 6.33. The van der Waals surface area contributed by atoms with Crippen molar-refractivity contribution in [3.8, 4) is 0 Å². The Balaban J connectivity index is 1.53. The number of aliphatic hydroxyl groups is 1. The van der Waals surface area contributed by atoms with E-state index in [1.807, 2.05) is 70.2 Å². The zero-order valence-corrected chi connectivity index (χ0v) is 26.1. The van der Waals surface area contributed by atoms with E-state index < -0.39 is 64.4 Å². The molecule has 1 aromatic carbocycles. The van der Waals surface area contributed by atoms with Gasteiger partial charge in [0.15, 0.2) is 17.9 Å². The van der Waals surface area contributed by atoms with Crippen LogP contribution in [0.3, 0.4) is 0 Å². The van der Waals surface area contributed by atoms with Crippen LogP contribution in [-0.2, 0) is 23.9 Å². The van der Waals surface area contributed by atoms with Gasteiger partial charge in [0.2, 0.25) is 5.78 Å². The van der Waals surface area contributed by atoms with E-state index in [2.05, 4.69) is 0 Å². The van der Waals surface area contributed by atoms with Crippen LogP contribution in [0.15, 0.2) is 53.1 Å². The van der Waals surface area contributed by atoms with E-state index in [0.717, 1.165) is 22.5 Å². The number of alkyl halides is 1. The lowest BCUT2D eigenvalue weighted by Gasteiger charge is -2.62. The number of ether oxygens (including phenoxy) is 2. The Morgan fingerprint density at radius 2 is 1.79 bits per heavy atom. The molecule has 0 amide bonds. The number of rotatable bonds is 7. The third kappa shape index (κ3) is 4.54. The van der Waals surface area contributed by atoms with Crippen molar-refractivity contribution < 1.29 is 33.4 Å². The van der Waals surface area contributed by atoms with Gasteiger partial charge in [-0.25, -0.2) is 9.38 Å². The second-order valence-corrected chi connectivity index (χ2v) is 13.3. The Labute approximate surface area is 253 Å². The Bertz CT molecular complexity index is 1420. The molecule has 0 spiro atoms. The Morgan fingerprint density at radius 1 is 1.09 bits per heavy atom. The zero-order chi connectivity index (χ0) is 31.4. The van der Waals surface area contributed by atoms with Crippen LogP contribution in [0.5, 0.6) is 0 Å². The van der Waals surface area contributed by atoms with Gasteiger partial charge in [-0.05, 0) is 69.2 Å². The molecule has 5 rings (SSSR count). The summed E-state index contributed by atoms with van der Waals surface area (Å²) < 4.78 is 29.2. The van der Waals surface area contributed by atoms with E-state index in [1.165, 1.54) is 0 Å². The smallest absolute Gasteiger partial charge is 0.306 e. The summed E-state index contributed by atoms with van der Waals surface area (Å²) in [6.45, 7) is 10.3. The number of hydrogen-bond donors (Lipinski definition) is 1. The highest BCUT2D eigenvalue weighted by atomic mass is 19.1. The first-order valence-corrected chi connectivity index (χ1v) is 15.6. The molecule has 43 heavy (non-hydrogen) atoms. The summed E-state index contributed by atoms with van der Waals surface area (Å²) >= 11 is 0. The molecule has 3 saturated carbocycles. The molecular formula is C35H44FNO6. The van der Waals surface area contributed by atoms with Crippen molar-refractivity contribution in [2.75, 3.05) is 6.61 Å². The highest BCUT2D eigenvalue weighted by Crippen LogP contribution is 2.71. The molecule has 0 bridgehead atoms. The maximum atomic E-state index is 17.9. The predicted molar refractivity (Wildman–Crippen MR) is 162 cm³/mol. The van der Waals surface area contributed by atoms with E-state index in [-0.39, 0.29) is 25.2 Å². The van der Waals surface area contributed by atoms with Crippen molar-refractivity contribution in [2.24, 2.45) is 33.6 Å². The molecule has 232 valence electrons. The fourth-order valence-corrected chi connectivity index (χ4v) is 8.91. The molecular weight excluding hydrogens is 549 g/mol. The van der Waals surface area contributed by atoms with Crippen LogP contribution >= 0.6 is 0 Å². The molecule has 8 heteroatoms. The standard InChI is InChI=1S/C35H44FNO6/c1-7-30(40)42-20-29(39)35(43-31(41)8-2)22(4)17-26-25-14-13-23-18-24(37-27-12-10-9-11-21(27)3)15-16-32(23,5)34(25,36)28(38)19-33(26,35)6/h9-12,15-16,18,22,25-26,28,38H,7-8,13-14,17,19-20H2,1-6H3/t22-,25-,26-,28-,32-,33-,34-,35+/m0/s1. The van der Waals surface area contributed by atoms with Gasteiger partial charge in [-0.2, -0.15) is 0 Å². The average Bonchev–Trinajstić information content (AvgIpc) is 3.19. The molecule has 0 radical (unpaired) electrons. The largest absolute Gasteiger partial charge is 0.457 e. The Hall–Kier alpha value is -3.13. The van der Waals surface area contributed by atoms with Gasteiger partial charge in [-0.15, -0.1) is 0 Å². The monoisotopic (exact) mass is 593 g/mol. The van der Waals surface area contributed by atoms with E-state index in [0.29, 0.717) is 19.3 Å². The molecule has 8 atom stereocenters. The first-order chi connectivity index (χ1) is 20.3. The van der Waals surface area contributed by atoms with Gasteiger partial charge in [0, 0.05) is 35.5 Å². The summed E-state index contributed by atoms with van der Waals surface area (Å²) in [6, 6.07) is 7.85. The number of benzene rings is 1. The molecule has 0 heterocycles. The van der Waals surface area contributed by atoms with Gasteiger partial charge in [0.25, 0.3) is 0 Å². The molecule has 1 N–H and O–H groups in total. The number of Topliss-reactive ketones (excluding diaryl/α,β-unsaturated/α-hetero) is 1. The average molecular weight is 594 g/mol. The van der Waals surface area contributed by atoms with E-state index >= 15 is 4.39 Å². The van der Waals surface area contributed by atoms with Gasteiger partial charge in [-0.1, -0.05) is 57.5 Å². The molecule has 0 unspecified atom stereocenters. The molecule has 3 fully saturated rings. The molecule has 7 nitrogen and oxygen atoms in total. The van der Waals surface area contributed by atoms with Gasteiger partial charge in [0.05, 0.1) is 17.5 Å². The maximum Gasteiger partial charge on any atom is 0.306 e. The van der Waals surface area contributed by atoms with Gasteiger partial charge < -0.3 is 14.6 Å². The summed E-state index contributed by atoms with van der Waals surface area (Å²) in [6.07, 6.45) is 5.86. The third-order valence-electron chi connectivity index (χ3n) is 11.2. The molecule has 0 aromatic heterocycles. The second-order valence-electron chi connectivity index (χ2n) is 13.3. The van der Waals surface area contributed by atoms with Crippen LogP contribution in [0.25, 0.3) is 0 Å². The highest BCUT2D eigenvalue weighted by molar-refractivity contribution is 6.07. The van der Waals surface area contributed by atoms with Crippen molar-refractivity contribution in [1.82, 2.24) is 0 Å². The van der Waals surface area contributed by atoms with Gasteiger partial charge in [0.1, 0.15) is 0 Å². The fourth-order valence-electron chi connectivity index (χ4n) is 8.91. The maximum absolute atomic E-state index is 17.9. The minimum Gasteiger partial charge on any atom is -0.457 e. The molecule has 4 aliphatic rings. The Kier molecular flexibility index (Phi) is 8.08. The SMILES string of the molecule is CCC(=O)OCC(=O)[C@]1(OC(=O)CC)[C@@H](C)C[C@H]2[C@@H]3CCC4=CC(=Nc5ccccc5C)C=C[C@]4(C)[C@@]3(F)[C@@H](O)C[C@@]21C. The number of fused-ring (bicyclic) bond motifs is 5. The number of aliphatic imine (C=N–C) groups is 1. The van der Waals surface area contributed by atoms with Crippen molar-refractivity contribution in [3.63, 3.8) is 0 Å². The number of aliphatic hydroxyl groups excluding tert-OH is 1. The minimum absolute atomic E-state index is 0.0552. The van der Waals surface area contributed by atoms with Crippen molar-refractivity contribution in [3.05, 3.63) is 53.6 Å². The molecule has 0 saturated heterocycles. The number of allylic oxidation sites excluding steroid dienone is 4. The Morgan fingerprint density at radius 3 is 2.47 bits per heavy atom. The normalized spacial score (nSPS) is 38.9. The lowest BCUT2D eigenvalue weighted by molar-refractivity contribution is -0.228. The summed E-state index contributed by atoms with van der Waals surface area (Å²) in [7, 11) is 0. The summed E-state index contributed by atoms with van der Waals surface area (Å²) in [4.78, 5) is 43.6. The number of carbonyl (C=O) groups excluding carboxylic acids is 3. The number of ketones is 1. The van der Waals surface area contributed by atoms with Crippen LogP contribution in [0, 0.1) is 35.5 Å². The van der Waals surface area contributed by atoms with Crippen molar-refractivity contribution in [1.29, 1.82) is 0 Å². The lowest BCUT2D eigenvalue weighted by Crippen LogP contribution is -2.70. The number of aryl methyl sites for hydroxylation is 1. The summed E-state index contributed by atoms with van der Waals surface area (Å²) in [5.74, 6) is -2.98. The quantitative estimate of drug-likeness (QED) is 0.371. The first-order valence-electron chi connectivity index (χ1n) is 15.6. The highest BCUT2D eigenvalue weighted by Gasteiger charge is 2.77. The van der Waals surface area contributed by atoms with Gasteiger partial charge >= 0.3 is 11.9 Å². The van der Waals surface area contributed by atoms with Crippen molar-refractivity contribution in [2.45, 2.75) is 97.4 Å². The number of para-hydroxylation sites is 1. The van der Waals surface area contributed by atoms with Crippen LogP contribution in [0.4, 0.5) is 10.1 Å². The summed E-state index contributed by atoms with van der Waals surface area (Å²) in [5.41, 5.74) is -2.25. The van der Waals surface area contributed by atoms with Crippen LogP contribution in [-0.4, -0.2) is 52.5 Å². The lowest BCUT2D eigenvalue weighted by atomic mass is 9.44. The number of carbonyl (C=O) groups is 3. The minimum atomic E-state index is -2.01.